The van der Waals surface area contributed by atoms with Crippen LogP contribution in [0.4, 0.5) is 5.95 Å². The lowest BCUT2D eigenvalue weighted by Gasteiger charge is -2.09. The van der Waals surface area contributed by atoms with E-state index in [4.69, 9.17) is 17.3 Å². The summed E-state index contributed by atoms with van der Waals surface area (Å²) in [5.41, 5.74) is 6.68. The molecule has 1 amide bonds. The van der Waals surface area contributed by atoms with Gasteiger partial charge in [-0.25, -0.2) is 0 Å². The Balaban J connectivity index is 1.82. The van der Waals surface area contributed by atoms with Gasteiger partial charge in [0.2, 0.25) is 5.95 Å². The molecule has 0 aliphatic carbocycles. The molecule has 0 saturated carbocycles. The van der Waals surface area contributed by atoms with Gasteiger partial charge in [-0.05, 0) is 25.1 Å². The van der Waals surface area contributed by atoms with E-state index in [1.54, 1.807) is 19.1 Å². The van der Waals surface area contributed by atoms with Gasteiger partial charge < -0.3 is 16.0 Å². The molecule has 0 spiro atoms. The number of hydrogen-bond acceptors (Lipinski definition) is 4. The third kappa shape index (κ3) is 2.55. The summed E-state index contributed by atoms with van der Waals surface area (Å²) in [5, 5.41) is 10.6. The van der Waals surface area contributed by atoms with Gasteiger partial charge in [0, 0.05) is 15.9 Å². The van der Waals surface area contributed by atoms with Crippen LogP contribution in [0, 0.1) is 0 Å². The van der Waals surface area contributed by atoms with E-state index in [0.717, 1.165) is 10.9 Å². The molecule has 1 aromatic carbocycles. The Morgan fingerprint density at radius 2 is 2.29 bits per heavy atom. The predicted octanol–water partition coefficient (Wildman–Crippen LogP) is 2.01. The van der Waals surface area contributed by atoms with Crippen molar-refractivity contribution in [3.63, 3.8) is 0 Å². The number of carbonyl (C=O) groups is 1. The van der Waals surface area contributed by atoms with Crippen LogP contribution < -0.4 is 11.1 Å². The molecule has 2 aromatic heterocycles. The third-order valence-corrected chi connectivity index (χ3v) is 3.46. The van der Waals surface area contributed by atoms with E-state index in [2.05, 4.69) is 25.5 Å². The van der Waals surface area contributed by atoms with E-state index < -0.39 is 0 Å². The third-order valence-electron chi connectivity index (χ3n) is 3.13. The average molecular weight is 305 g/mol. The number of nitrogens with two attached hydrogens (primary N) is 1. The molecule has 0 fully saturated rings. The van der Waals surface area contributed by atoms with Crippen molar-refractivity contribution in [1.29, 1.82) is 0 Å². The zero-order chi connectivity index (χ0) is 15.0. The van der Waals surface area contributed by atoms with Crippen molar-refractivity contribution in [2.45, 2.75) is 13.0 Å². The fourth-order valence-corrected chi connectivity index (χ4v) is 2.29. The number of benzene rings is 1. The van der Waals surface area contributed by atoms with Crippen LogP contribution in [0.25, 0.3) is 10.9 Å². The van der Waals surface area contributed by atoms with Crippen LogP contribution in [0.2, 0.25) is 5.02 Å². The Hall–Kier alpha value is -2.54. The van der Waals surface area contributed by atoms with Crippen molar-refractivity contribution >= 4 is 34.4 Å². The number of carbonyl (C=O) groups excluding carboxylic acids is 1. The van der Waals surface area contributed by atoms with Crippen molar-refractivity contribution in [2.75, 3.05) is 5.73 Å². The lowest BCUT2D eigenvalue weighted by molar-refractivity contribution is 0.0934. The van der Waals surface area contributed by atoms with Crippen LogP contribution in [-0.4, -0.2) is 26.1 Å². The van der Waals surface area contributed by atoms with Crippen molar-refractivity contribution in [2.24, 2.45) is 0 Å². The summed E-state index contributed by atoms with van der Waals surface area (Å²) >= 11 is 6.09. The molecule has 0 bridgehead atoms. The predicted molar refractivity (Wildman–Crippen MR) is 80.0 cm³/mol. The van der Waals surface area contributed by atoms with Crippen molar-refractivity contribution in [3.05, 3.63) is 40.8 Å². The standard InChI is InChI=1S/C13H13ClN6O/c1-6(11-18-13(15)20-19-11)16-12(21)10-5-7-8(14)3-2-4-9(7)17-10/h2-6,17H,1H3,(H,16,21)(H3,15,18,19,20)/t6-/m0/s1. The lowest BCUT2D eigenvalue weighted by Crippen LogP contribution is -2.27. The summed E-state index contributed by atoms with van der Waals surface area (Å²) in [7, 11) is 0. The van der Waals surface area contributed by atoms with Gasteiger partial charge in [0.05, 0.1) is 6.04 Å². The number of nitrogens with one attached hydrogen (secondary N) is 3. The first-order chi connectivity index (χ1) is 10.0. The number of fused-ring (bicyclic) bond motifs is 1. The molecule has 0 aliphatic heterocycles. The lowest BCUT2D eigenvalue weighted by atomic mass is 10.2. The second kappa shape index (κ2) is 5.10. The van der Waals surface area contributed by atoms with Gasteiger partial charge in [-0.1, -0.05) is 17.7 Å². The number of rotatable bonds is 3. The second-order valence-electron chi connectivity index (χ2n) is 4.66. The van der Waals surface area contributed by atoms with Gasteiger partial charge in [-0.2, -0.15) is 4.98 Å². The fourth-order valence-electron chi connectivity index (χ4n) is 2.06. The van der Waals surface area contributed by atoms with E-state index in [9.17, 15) is 4.79 Å². The van der Waals surface area contributed by atoms with Crippen molar-refractivity contribution in [3.8, 4) is 0 Å². The molecular weight excluding hydrogens is 292 g/mol. The van der Waals surface area contributed by atoms with Crippen LogP contribution in [-0.2, 0) is 0 Å². The topological polar surface area (TPSA) is 112 Å². The molecule has 0 saturated heterocycles. The SMILES string of the molecule is C[C@H](NC(=O)c1cc2c(Cl)cccc2[nH]1)c1nc(N)n[nH]1. The Morgan fingerprint density at radius 3 is 2.95 bits per heavy atom. The normalized spacial score (nSPS) is 12.5. The smallest absolute Gasteiger partial charge is 0.268 e. The van der Waals surface area contributed by atoms with Crippen LogP contribution >= 0.6 is 11.6 Å². The Labute approximate surface area is 124 Å². The van der Waals surface area contributed by atoms with Crippen molar-refractivity contribution in [1.82, 2.24) is 25.5 Å². The molecule has 0 radical (unpaired) electrons. The van der Waals surface area contributed by atoms with Crippen LogP contribution in [0.3, 0.4) is 0 Å². The molecule has 3 rings (SSSR count). The Kier molecular flexibility index (Phi) is 3.26. The molecule has 7 nitrogen and oxygen atoms in total. The maximum atomic E-state index is 12.2. The number of aromatic nitrogens is 4. The maximum absolute atomic E-state index is 12.2. The zero-order valence-corrected chi connectivity index (χ0v) is 11.9. The molecule has 8 heteroatoms. The highest BCUT2D eigenvalue weighted by Crippen LogP contribution is 2.24. The van der Waals surface area contributed by atoms with Crippen molar-refractivity contribution < 1.29 is 4.79 Å². The minimum atomic E-state index is -0.343. The molecule has 108 valence electrons. The van der Waals surface area contributed by atoms with Gasteiger partial charge in [0.15, 0.2) is 0 Å². The number of anilines is 1. The number of nitrogens with zero attached hydrogens (tertiary/aromatic N) is 2. The average Bonchev–Trinajstić information content (AvgIpc) is 3.05. The number of aromatic amines is 2. The number of H-pyrrole nitrogens is 2. The first-order valence-corrected chi connectivity index (χ1v) is 6.68. The Morgan fingerprint density at radius 1 is 1.48 bits per heavy atom. The highest BCUT2D eigenvalue weighted by Gasteiger charge is 2.16. The summed E-state index contributed by atoms with van der Waals surface area (Å²) in [6, 6.07) is 6.83. The van der Waals surface area contributed by atoms with Gasteiger partial charge in [0.25, 0.3) is 5.91 Å². The highest BCUT2D eigenvalue weighted by atomic mass is 35.5. The van der Waals surface area contributed by atoms with E-state index in [0.29, 0.717) is 16.5 Å². The summed E-state index contributed by atoms with van der Waals surface area (Å²) in [5.74, 6) is 0.378. The minimum absolute atomic E-state index is 0.142. The zero-order valence-electron chi connectivity index (χ0n) is 11.1. The molecule has 2 heterocycles. The minimum Gasteiger partial charge on any atom is -0.367 e. The van der Waals surface area contributed by atoms with E-state index >= 15 is 0 Å². The fraction of sp³-hybridized carbons (Fsp3) is 0.154. The molecule has 5 N–H and O–H groups in total. The quantitative estimate of drug-likeness (QED) is 0.593. The van der Waals surface area contributed by atoms with Gasteiger partial charge in [-0.15, -0.1) is 5.10 Å². The van der Waals surface area contributed by atoms with E-state index in [1.807, 2.05) is 12.1 Å². The second-order valence-corrected chi connectivity index (χ2v) is 5.07. The summed E-state index contributed by atoms with van der Waals surface area (Å²) in [6.07, 6.45) is 0. The number of amides is 1. The number of halogens is 1. The monoisotopic (exact) mass is 304 g/mol. The largest absolute Gasteiger partial charge is 0.367 e. The van der Waals surface area contributed by atoms with Gasteiger partial charge in [0.1, 0.15) is 11.5 Å². The highest BCUT2D eigenvalue weighted by molar-refractivity contribution is 6.35. The Bertz CT molecular complexity index is 808. The van der Waals surface area contributed by atoms with E-state index in [1.165, 1.54) is 0 Å². The van der Waals surface area contributed by atoms with E-state index in [-0.39, 0.29) is 17.9 Å². The number of hydrogen-bond donors (Lipinski definition) is 4. The maximum Gasteiger partial charge on any atom is 0.268 e. The number of nitrogen functional groups attached to an aromatic ring is 1. The first-order valence-electron chi connectivity index (χ1n) is 6.30. The van der Waals surface area contributed by atoms with Crippen LogP contribution in [0.5, 0.6) is 0 Å². The molecule has 3 aromatic rings. The first kappa shape index (κ1) is 13.4. The molecule has 1 atom stereocenters. The summed E-state index contributed by atoms with van der Waals surface area (Å²) < 4.78 is 0. The van der Waals surface area contributed by atoms with Gasteiger partial charge >= 0.3 is 0 Å². The molecule has 0 aliphatic rings. The molecule has 21 heavy (non-hydrogen) atoms. The molecule has 0 unspecified atom stereocenters. The van der Waals surface area contributed by atoms with Crippen LogP contribution in [0.1, 0.15) is 29.3 Å². The summed E-state index contributed by atoms with van der Waals surface area (Å²) in [6.45, 7) is 1.79. The van der Waals surface area contributed by atoms with Crippen LogP contribution in [0.15, 0.2) is 24.3 Å². The summed E-state index contributed by atoms with van der Waals surface area (Å²) in [4.78, 5) is 19.2. The van der Waals surface area contributed by atoms with Gasteiger partial charge in [-0.3, -0.25) is 9.89 Å². The molecular formula is C13H13ClN6O.